The Balaban J connectivity index is 1.46. The number of halogens is 1. The average molecular weight is 425 g/mol. The SMILES string of the molecule is CN=C(NCCS(=O)(=O)c1ccccc1F)NC1CCN(C(=O)C2CCCC2)C1. The Morgan fingerprint density at radius 3 is 2.66 bits per heavy atom. The van der Waals surface area contributed by atoms with E-state index in [1.165, 1.54) is 18.2 Å². The lowest BCUT2D eigenvalue weighted by molar-refractivity contribution is -0.134. The van der Waals surface area contributed by atoms with Gasteiger partial charge in [0.15, 0.2) is 15.8 Å². The molecule has 1 aliphatic heterocycles. The number of carbonyl (C=O) groups is 1. The number of amides is 1. The highest BCUT2D eigenvalue weighted by atomic mass is 32.2. The topological polar surface area (TPSA) is 90.9 Å². The minimum Gasteiger partial charge on any atom is -0.355 e. The lowest BCUT2D eigenvalue weighted by Gasteiger charge is -2.21. The van der Waals surface area contributed by atoms with Crippen molar-refractivity contribution in [3.63, 3.8) is 0 Å². The highest BCUT2D eigenvalue weighted by Gasteiger charge is 2.32. The molecule has 1 saturated heterocycles. The van der Waals surface area contributed by atoms with E-state index < -0.39 is 15.7 Å². The van der Waals surface area contributed by atoms with Crippen LogP contribution in [0.3, 0.4) is 0 Å². The van der Waals surface area contributed by atoms with Crippen LogP contribution in [0.4, 0.5) is 4.39 Å². The second-order valence-corrected chi connectivity index (χ2v) is 9.72. The van der Waals surface area contributed by atoms with E-state index in [2.05, 4.69) is 15.6 Å². The Bertz CT molecular complexity index is 853. The van der Waals surface area contributed by atoms with Gasteiger partial charge in [0.1, 0.15) is 10.7 Å². The van der Waals surface area contributed by atoms with Crippen LogP contribution in [-0.2, 0) is 14.6 Å². The van der Waals surface area contributed by atoms with Crippen molar-refractivity contribution in [1.29, 1.82) is 0 Å². The predicted octanol–water partition coefficient (Wildman–Crippen LogP) is 1.56. The maximum atomic E-state index is 13.8. The molecule has 160 valence electrons. The molecular formula is C20H29FN4O3S. The molecule has 0 bridgehead atoms. The van der Waals surface area contributed by atoms with Crippen LogP contribution in [0.5, 0.6) is 0 Å². The molecule has 1 aliphatic carbocycles. The lowest BCUT2D eigenvalue weighted by Crippen LogP contribution is -2.46. The van der Waals surface area contributed by atoms with Crippen molar-refractivity contribution in [3.05, 3.63) is 30.1 Å². The Morgan fingerprint density at radius 1 is 1.24 bits per heavy atom. The van der Waals surface area contributed by atoms with E-state index in [1.807, 2.05) is 4.90 Å². The van der Waals surface area contributed by atoms with Crippen LogP contribution in [0.2, 0.25) is 0 Å². The first-order valence-electron chi connectivity index (χ1n) is 10.1. The van der Waals surface area contributed by atoms with E-state index in [1.54, 1.807) is 7.05 Å². The molecule has 2 fully saturated rings. The van der Waals surface area contributed by atoms with E-state index in [0.717, 1.165) is 44.7 Å². The Labute approximate surface area is 171 Å². The molecule has 29 heavy (non-hydrogen) atoms. The molecule has 1 heterocycles. The average Bonchev–Trinajstić information content (AvgIpc) is 3.39. The molecule has 1 saturated carbocycles. The first kappa shape index (κ1) is 21.5. The van der Waals surface area contributed by atoms with Crippen molar-refractivity contribution >= 4 is 21.7 Å². The number of rotatable bonds is 6. The van der Waals surface area contributed by atoms with Gasteiger partial charge < -0.3 is 15.5 Å². The Hall–Kier alpha value is -2.16. The number of benzene rings is 1. The van der Waals surface area contributed by atoms with Crippen molar-refractivity contribution in [2.75, 3.05) is 32.4 Å². The first-order valence-corrected chi connectivity index (χ1v) is 11.8. The smallest absolute Gasteiger partial charge is 0.225 e. The molecule has 1 amide bonds. The number of sulfone groups is 1. The summed E-state index contributed by atoms with van der Waals surface area (Å²) < 4.78 is 38.4. The van der Waals surface area contributed by atoms with Crippen LogP contribution >= 0.6 is 0 Å². The van der Waals surface area contributed by atoms with Gasteiger partial charge in [-0.05, 0) is 31.4 Å². The number of nitrogens with zero attached hydrogens (tertiary/aromatic N) is 2. The van der Waals surface area contributed by atoms with Gasteiger partial charge in [-0.1, -0.05) is 25.0 Å². The lowest BCUT2D eigenvalue weighted by atomic mass is 10.1. The summed E-state index contributed by atoms with van der Waals surface area (Å²) in [4.78, 5) is 18.3. The number of hydrogen-bond acceptors (Lipinski definition) is 4. The summed E-state index contributed by atoms with van der Waals surface area (Å²) in [7, 11) is -2.12. The molecule has 2 N–H and O–H groups in total. The third-order valence-electron chi connectivity index (χ3n) is 5.60. The molecule has 0 aromatic heterocycles. The van der Waals surface area contributed by atoms with Crippen LogP contribution < -0.4 is 10.6 Å². The quantitative estimate of drug-likeness (QED) is 0.534. The summed E-state index contributed by atoms with van der Waals surface area (Å²) in [6.45, 7) is 1.46. The van der Waals surface area contributed by atoms with Crippen LogP contribution in [-0.4, -0.2) is 63.7 Å². The van der Waals surface area contributed by atoms with E-state index >= 15 is 0 Å². The first-order chi connectivity index (χ1) is 13.9. The van der Waals surface area contributed by atoms with Crippen molar-refractivity contribution in [3.8, 4) is 0 Å². The fourth-order valence-electron chi connectivity index (χ4n) is 4.01. The number of guanidine groups is 1. The molecule has 0 spiro atoms. The number of hydrogen-bond donors (Lipinski definition) is 2. The molecule has 3 rings (SSSR count). The highest BCUT2D eigenvalue weighted by molar-refractivity contribution is 7.91. The minimum atomic E-state index is -3.72. The van der Waals surface area contributed by atoms with Gasteiger partial charge in [0.05, 0.1) is 5.75 Å². The van der Waals surface area contributed by atoms with Gasteiger partial charge in [-0.15, -0.1) is 0 Å². The molecule has 1 aromatic rings. The van der Waals surface area contributed by atoms with Gasteiger partial charge in [-0.25, -0.2) is 12.8 Å². The summed E-state index contributed by atoms with van der Waals surface area (Å²) in [5.41, 5.74) is 0. The number of likely N-dealkylation sites (tertiary alicyclic amines) is 1. The van der Waals surface area contributed by atoms with Gasteiger partial charge in [0, 0.05) is 38.6 Å². The summed E-state index contributed by atoms with van der Waals surface area (Å²) >= 11 is 0. The summed E-state index contributed by atoms with van der Waals surface area (Å²) in [6, 6.07) is 5.45. The highest BCUT2D eigenvalue weighted by Crippen LogP contribution is 2.27. The second-order valence-electron chi connectivity index (χ2n) is 7.64. The van der Waals surface area contributed by atoms with E-state index in [-0.39, 0.29) is 35.1 Å². The summed E-state index contributed by atoms with van der Waals surface area (Å²) in [6.07, 6.45) is 5.09. The van der Waals surface area contributed by atoms with Crippen LogP contribution in [0.25, 0.3) is 0 Å². The minimum absolute atomic E-state index is 0.0785. The second kappa shape index (κ2) is 9.56. The van der Waals surface area contributed by atoms with E-state index in [9.17, 15) is 17.6 Å². The molecule has 7 nitrogen and oxygen atoms in total. The van der Waals surface area contributed by atoms with E-state index in [4.69, 9.17) is 0 Å². The summed E-state index contributed by atoms with van der Waals surface area (Å²) in [5.74, 6) is -0.0756. The van der Waals surface area contributed by atoms with E-state index in [0.29, 0.717) is 12.5 Å². The fourth-order valence-corrected chi connectivity index (χ4v) is 5.25. The number of carbonyl (C=O) groups excluding carboxylic acids is 1. The van der Waals surface area contributed by atoms with Crippen molar-refractivity contribution in [2.45, 2.75) is 43.0 Å². The van der Waals surface area contributed by atoms with Crippen LogP contribution in [0.1, 0.15) is 32.1 Å². The molecular weight excluding hydrogens is 395 g/mol. The molecule has 1 aromatic carbocycles. The van der Waals surface area contributed by atoms with Crippen LogP contribution in [0.15, 0.2) is 34.2 Å². The normalized spacial score (nSPS) is 20.8. The van der Waals surface area contributed by atoms with Gasteiger partial charge >= 0.3 is 0 Å². The Kier molecular flexibility index (Phi) is 7.10. The third-order valence-corrected chi connectivity index (χ3v) is 7.35. The zero-order valence-electron chi connectivity index (χ0n) is 16.7. The van der Waals surface area contributed by atoms with Crippen LogP contribution in [0, 0.1) is 11.7 Å². The van der Waals surface area contributed by atoms with Gasteiger partial charge in [-0.3, -0.25) is 9.79 Å². The van der Waals surface area contributed by atoms with Gasteiger partial charge in [0.2, 0.25) is 5.91 Å². The molecule has 1 unspecified atom stereocenters. The largest absolute Gasteiger partial charge is 0.355 e. The predicted molar refractivity (Wildman–Crippen MR) is 110 cm³/mol. The molecule has 0 radical (unpaired) electrons. The number of nitrogens with one attached hydrogen (secondary N) is 2. The molecule has 2 aliphatic rings. The summed E-state index contributed by atoms with van der Waals surface area (Å²) in [5, 5.41) is 6.23. The third kappa shape index (κ3) is 5.46. The zero-order valence-corrected chi connectivity index (χ0v) is 17.5. The van der Waals surface area contributed by atoms with Gasteiger partial charge in [0.25, 0.3) is 0 Å². The van der Waals surface area contributed by atoms with Gasteiger partial charge in [-0.2, -0.15) is 0 Å². The fraction of sp³-hybridized carbons (Fsp3) is 0.600. The van der Waals surface area contributed by atoms with Crippen molar-refractivity contribution in [2.24, 2.45) is 10.9 Å². The number of aliphatic imine (C=N–C) groups is 1. The monoisotopic (exact) mass is 424 g/mol. The zero-order chi connectivity index (χ0) is 20.9. The van der Waals surface area contributed by atoms with Crippen molar-refractivity contribution < 1.29 is 17.6 Å². The Morgan fingerprint density at radius 2 is 1.97 bits per heavy atom. The maximum absolute atomic E-state index is 13.8. The molecule has 9 heteroatoms. The standard InChI is InChI=1S/C20H29FN4O3S/c1-22-20(23-11-13-29(27,28)18-9-5-4-8-17(18)21)24-16-10-12-25(14-16)19(26)15-6-2-3-7-15/h4-5,8-9,15-16H,2-3,6-7,10-14H2,1H3,(H2,22,23,24). The molecule has 1 atom stereocenters. The maximum Gasteiger partial charge on any atom is 0.225 e. The van der Waals surface area contributed by atoms with Crippen molar-refractivity contribution in [1.82, 2.24) is 15.5 Å².